The Morgan fingerprint density at radius 3 is 2.53 bits per heavy atom. The maximum absolute atomic E-state index is 14.3. The van der Waals surface area contributed by atoms with Crippen molar-refractivity contribution in [1.82, 2.24) is 9.80 Å². The normalized spacial score (nSPS) is 25.4. The highest BCUT2D eigenvalue weighted by Crippen LogP contribution is 2.40. The van der Waals surface area contributed by atoms with Gasteiger partial charge in [0.25, 0.3) is 10.0 Å². The van der Waals surface area contributed by atoms with Gasteiger partial charge in [-0.05, 0) is 93.8 Å². The summed E-state index contributed by atoms with van der Waals surface area (Å²) in [7, 11) is -4.02. The van der Waals surface area contributed by atoms with Crippen molar-refractivity contribution in [2.75, 3.05) is 37.1 Å². The van der Waals surface area contributed by atoms with Crippen LogP contribution in [-0.4, -0.2) is 69.2 Å². The second-order valence-corrected chi connectivity index (χ2v) is 13.2. The predicted octanol–water partition coefficient (Wildman–Crippen LogP) is 5.41. The Morgan fingerprint density at radius 1 is 1.08 bits per heavy atom. The summed E-state index contributed by atoms with van der Waals surface area (Å²) in [6, 6.07) is 4.14. The number of anilines is 1. The number of sulfonamides is 1. The van der Waals surface area contributed by atoms with Crippen molar-refractivity contribution >= 4 is 33.4 Å². The fourth-order valence-electron chi connectivity index (χ4n) is 6.27. The number of rotatable bonds is 5. The van der Waals surface area contributed by atoms with Crippen molar-refractivity contribution in [1.29, 1.82) is 0 Å². The standard InChI is InChI=1S/C28H37ClFN3O4S/c1-20-17-22(29)7-10-27(20)38(35,36)33-25(9-6-21-5-8-23(30)18-26(21)33)19-37-28(34)32-15-11-24(12-16-32)31-13-3-2-4-14-31/h5,7-8,10,18,20,24-25H,2-4,6,9,11-17,19H2,1H3. The molecule has 1 aromatic rings. The number of benzene rings is 1. The first-order valence-corrected chi connectivity index (χ1v) is 15.6. The number of carbonyl (C=O) groups is 1. The summed E-state index contributed by atoms with van der Waals surface area (Å²) in [4.78, 5) is 17.5. The Morgan fingerprint density at radius 2 is 1.82 bits per heavy atom. The van der Waals surface area contributed by atoms with Crippen LogP contribution in [0.4, 0.5) is 14.9 Å². The summed E-state index contributed by atoms with van der Waals surface area (Å²) < 4.78 is 49.3. The Bertz CT molecular complexity index is 1210. The van der Waals surface area contributed by atoms with Gasteiger partial charge >= 0.3 is 6.09 Å². The highest BCUT2D eigenvalue weighted by Gasteiger charge is 2.40. The number of ether oxygens (including phenoxy) is 1. The van der Waals surface area contributed by atoms with Crippen molar-refractivity contribution < 1.29 is 22.3 Å². The number of halogens is 2. The van der Waals surface area contributed by atoms with Gasteiger partial charge in [0.1, 0.15) is 12.4 Å². The minimum atomic E-state index is -4.02. The van der Waals surface area contributed by atoms with Crippen LogP contribution < -0.4 is 4.31 Å². The molecule has 0 radical (unpaired) electrons. The third kappa shape index (κ3) is 5.75. The average Bonchev–Trinajstić information content (AvgIpc) is 2.91. The van der Waals surface area contributed by atoms with Gasteiger partial charge in [-0.3, -0.25) is 4.31 Å². The van der Waals surface area contributed by atoms with E-state index in [1.165, 1.54) is 41.8 Å². The molecule has 10 heteroatoms. The number of allylic oxidation sites excluding steroid dienone is 4. The summed E-state index contributed by atoms with van der Waals surface area (Å²) in [5.74, 6) is -0.826. The second-order valence-electron chi connectivity index (χ2n) is 10.9. The van der Waals surface area contributed by atoms with Gasteiger partial charge < -0.3 is 14.5 Å². The number of piperidine rings is 2. The molecule has 208 valence electrons. The van der Waals surface area contributed by atoms with Gasteiger partial charge in [-0.2, -0.15) is 0 Å². The molecule has 5 rings (SSSR count). The van der Waals surface area contributed by atoms with E-state index in [2.05, 4.69) is 4.90 Å². The lowest BCUT2D eigenvalue weighted by Gasteiger charge is -2.41. The minimum absolute atomic E-state index is 0.0850. The van der Waals surface area contributed by atoms with Gasteiger partial charge in [-0.25, -0.2) is 17.6 Å². The van der Waals surface area contributed by atoms with E-state index in [9.17, 15) is 17.6 Å². The average molecular weight is 566 g/mol. The fraction of sp³-hybridized carbons (Fsp3) is 0.607. The molecule has 7 nitrogen and oxygen atoms in total. The lowest BCUT2D eigenvalue weighted by Crippen LogP contribution is -2.50. The number of hydrogen-bond acceptors (Lipinski definition) is 5. The maximum atomic E-state index is 14.3. The van der Waals surface area contributed by atoms with Crippen LogP contribution in [0.1, 0.15) is 57.4 Å². The van der Waals surface area contributed by atoms with Crippen LogP contribution in [0.25, 0.3) is 0 Å². The zero-order chi connectivity index (χ0) is 26.9. The maximum Gasteiger partial charge on any atom is 0.409 e. The van der Waals surface area contributed by atoms with E-state index in [4.69, 9.17) is 16.3 Å². The molecule has 0 saturated carbocycles. The van der Waals surface area contributed by atoms with Gasteiger partial charge in [0.2, 0.25) is 0 Å². The van der Waals surface area contributed by atoms with E-state index < -0.39 is 28.0 Å². The van der Waals surface area contributed by atoms with Gasteiger partial charge in [0.05, 0.1) is 16.6 Å². The first-order chi connectivity index (χ1) is 18.2. The Balaban J connectivity index is 1.30. The first-order valence-electron chi connectivity index (χ1n) is 13.8. The molecule has 0 N–H and O–H groups in total. The summed E-state index contributed by atoms with van der Waals surface area (Å²) >= 11 is 6.15. The number of carbonyl (C=O) groups excluding carboxylic acids is 1. The summed E-state index contributed by atoms with van der Waals surface area (Å²) in [6.45, 7) is 5.28. The monoisotopic (exact) mass is 565 g/mol. The van der Waals surface area contributed by atoms with E-state index in [1.54, 1.807) is 17.0 Å². The van der Waals surface area contributed by atoms with Crippen molar-refractivity contribution in [2.24, 2.45) is 5.92 Å². The molecule has 2 saturated heterocycles. The van der Waals surface area contributed by atoms with Crippen LogP contribution in [0.3, 0.4) is 0 Å². The van der Waals surface area contributed by atoms with Gasteiger partial charge in [0.15, 0.2) is 0 Å². The van der Waals surface area contributed by atoms with E-state index in [-0.39, 0.29) is 17.4 Å². The Hall–Kier alpha value is -2.10. The van der Waals surface area contributed by atoms with Crippen LogP contribution in [-0.2, 0) is 21.2 Å². The van der Waals surface area contributed by atoms with Crippen molar-refractivity contribution in [2.45, 2.75) is 70.4 Å². The number of hydrogen-bond donors (Lipinski definition) is 0. The van der Waals surface area contributed by atoms with Crippen molar-refractivity contribution in [3.8, 4) is 0 Å². The Labute approximate surface area is 230 Å². The molecule has 2 unspecified atom stereocenters. The molecule has 0 bridgehead atoms. The molecule has 4 aliphatic rings. The topological polar surface area (TPSA) is 70.2 Å². The molecule has 38 heavy (non-hydrogen) atoms. The third-order valence-corrected chi connectivity index (χ3v) is 10.8. The number of nitrogens with zero attached hydrogens (tertiary/aromatic N) is 3. The van der Waals surface area contributed by atoms with Crippen LogP contribution >= 0.6 is 11.6 Å². The van der Waals surface area contributed by atoms with Crippen LogP contribution in [0.2, 0.25) is 0 Å². The number of amides is 1. The van der Waals surface area contributed by atoms with E-state index in [0.717, 1.165) is 31.5 Å². The molecule has 2 fully saturated rings. The quantitative estimate of drug-likeness (QED) is 0.477. The molecule has 1 amide bonds. The highest BCUT2D eigenvalue weighted by molar-refractivity contribution is 7.96. The number of aryl methyl sites for hydroxylation is 1. The molecule has 0 aromatic heterocycles. The molecular weight excluding hydrogens is 529 g/mol. The van der Waals surface area contributed by atoms with Crippen LogP contribution in [0.5, 0.6) is 0 Å². The van der Waals surface area contributed by atoms with E-state index in [0.29, 0.717) is 49.1 Å². The molecular formula is C28H37ClFN3O4S. The molecule has 0 spiro atoms. The predicted molar refractivity (Wildman–Crippen MR) is 147 cm³/mol. The molecule has 3 aliphatic heterocycles. The summed E-state index contributed by atoms with van der Waals surface area (Å²) in [5, 5.41) is 0.594. The van der Waals surface area contributed by atoms with Gasteiger partial charge in [-0.1, -0.05) is 31.0 Å². The van der Waals surface area contributed by atoms with Gasteiger partial charge in [0, 0.05) is 24.2 Å². The van der Waals surface area contributed by atoms with Crippen LogP contribution in [0, 0.1) is 11.7 Å². The van der Waals surface area contributed by atoms with Crippen LogP contribution in [0.15, 0.2) is 40.3 Å². The van der Waals surface area contributed by atoms with E-state index in [1.807, 2.05) is 6.92 Å². The summed E-state index contributed by atoms with van der Waals surface area (Å²) in [6.07, 6.45) is 9.83. The molecule has 2 atom stereocenters. The number of likely N-dealkylation sites (tertiary alicyclic amines) is 2. The fourth-order valence-corrected chi connectivity index (χ4v) is 8.62. The molecule has 1 aromatic carbocycles. The lowest BCUT2D eigenvalue weighted by molar-refractivity contribution is 0.0632. The summed E-state index contributed by atoms with van der Waals surface area (Å²) in [5.41, 5.74) is 1.07. The zero-order valence-corrected chi connectivity index (χ0v) is 23.5. The third-order valence-electron chi connectivity index (χ3n) is 8.36. The van der Waals surface area contributed by atoms with Gasteiger partial charge in [-0.15, -0.1) is 0 Å². The first kappa shape index (κ1) is 27.5. The van der Waals surface area contributed by atoms with Crippen molar-refractivity contribution in [3.63, 3.8) is 0 Å². The minimum Gasteiger partial charge on any atom is -0.447 e. The Kier molecular flexibility index (Phi) is 8.36. The number of fused-ring (bicyclic) bond motifs is 1. The smallest absolute Gasteiger partial charge is 0.409 e. The highest BCUT2D eigenvalue weighted by atomic mass is 35.5. The molecule has 1 aliphatic carbocycles. The van der Waals surface area contributed by atoms with E-state index >= 15 is 0 Å². The van der Waals surface area contributed by atoms with Crippen molar-refractivity contribution in [3.05, 3.63) is 51.7 Å². The second kappa shape index (κ2) is 11.6. The SMILES string of the molecule is CC1CC(Cl)=CC=C1S(=O)(=O)N1c2cc(F)ccc2CCC1COC(=O)N1CCC(N2CCCCC2)CC1. The largest absolute Gasteiger partial charge is 0.447 e. The lowest BCUT2D eigenvalue weighted by atomic mass is 9.98. The zero-order valence-electron chi connectivity index (χ0n) is 22.0. The molecule has 3 heterocycles.